The van der Waals surface area contributed by atoms with Gasteiger partial charge in [-0.3, -0.25) is 4.40 Å². The maximum Gasteiger partial charge on any atom is 0.243 e. The number of pyridine rings is 1. The highest BCUT2D eigenvalue weighted by Crippen LogP contribution is 2.30. The summed E-state index contributed by atoms with van der Waals surface area (Å²) in [7, 11) is 0. The molecule has 7 nitrogen and oxygen atoms in total. The lowest BCUT2D eigenvalue weighted by molar-refractivity contribution is 0.281. The molecule has 140 valence electrons. The minimum atomic E-state index is -0.0624. The quantitative estimate of drug-likeness (QED) is 0.501. The van der Waals surface area contributed by atoms with E-state index in [-0.39, 0.29) is 6.61 Å². The van der Waals surface area contributed by atoms with Crippen molar-refractivity contribution in [3.8, 4) is 11.6 Å². The first-order chi connectivity index (χ1) is 13.6. The third-order valence-electron chi connectivity index (χ3n) is 4.79. The summed E-state index contributed by atoms with van der Waals surface area (Å²) in [6.07, 6.45) is 3.18. The van der Waals surface area contributed by atoms with Gasteiger partial charge in [0.05, 0.1) is 23.8 Å². The van der Waals surface area contributed by atoms with Gasteiger partial charge in [0.15, 0.2) is 5.65 Å². The van der Waals surface area contributed by atoms with E-state index in [2.05, 4.69) is 19.7 Å². The molecule has 1 N–H and O–H groups in total. The van der Waals surface area contributed by atoms with Crippen molar-refractivity contribution in [2.24, 2.45) is 0 Å². The molecular formula is C20H16ClN5O2. The Bertz CT molecular complexity index is 1300. The van der Waals surface area contributed by atoms with Gasteiger partial charge < -0.3 is 14.1 Å². The van der Waals surface area contributed by atoms with Gasteiger partial charge in [-0.15, -0.1) is 10.2 Å². The van der Waals surface area contributed by atoms with Crippen molar-refractivity contribution < 1.29 is 9.52 Å². The molecule has 28 heavy (non-hydrogen) atoms. The van der Waals surface area contributed by atoms with Crippen LogP contribution in [0.1, 0.15) is 17.0 Å². The highest BCUT2D eigenvalue weighted by molar-refractivity contribution is 6.30. The van der Waals surface area contributed by atoms with Crippen LogP contribution >= 0.6 is 11.6 Å². The first-order valence-corrected chi connectivity index (χ1v) is 9.15. The maximum atomic E-state index is 9.51. The normalized spacial score (nSPS) is 11.7. The third kappa shape index (κ3) is 2.67. The fraction of sp³-hybridized carbons (Fsp3) is 0.150. The van der Waals surface area contributed by atoms with Crippen LogP contribution in [0, 0.1) is 6.92 Å². The van der Waals surface area contributed by atoms with Crippen molar-refractivity contribution in [1.29, 1.82) is 0 Å². The van der Waals surface area contributed by atoms with Crippen LogP contribution in [-0.4, -0.2) is 29.3 Å². The van der Waals surface area contributed by atoms with Crippen molar-refractivity contribution in [3.63, 3.8) is 0 Å². The predicted octanol–water partition coefficient (Wildman–Crippen LogP) is 3.84. The van der Waals surface area contributed by atoms with Crippen LogP contribution in [0.3, 0.4) is 0 Å². The molecule has 0 aliphatic carbocycles. The van der Waals surface area contributed by atoms with Gasteiger partial charge >= 0.3 is 0 Å². The zero-order chi connectivity index (χ0) is 19.3. The molecule has 0 radical (unpaired) electrons. The van der Waals surface area contributed by atoms with E-state index in [9.17, 15) is 5.11 Å². The highest BCUT2D eigenvalue weighted by atomic mass is 35.5. The zero-order valence-corrected chi connectivity index (χ0v) is 15.8. The topological polar surface area (TPSA) is 81.4 Å². The van der Waals surface area contributed by atoms with Crippen LogP contribution in [-0.2, 0) is 13.2 Å². The Kier molecular flexibility index (Phi) is 3.92. The van der Waals surface area contributed by atoms with E-state index >= 15 is 0 Å². The number of rotatable bonds is 4. The average molecular weight is 394 g/mol. The number of fused-ring (bicyclic) bond motifs is 3. The molecule has 0 aliphatic rings. The van der Waals surface area contributed by atoms with Crippen molar-refractivity contribution in [2.45, 2.75) is 20.1 Å². The van der Waals surface area contributed by atoms with E-state index in [1.54, 1.807) is 18.5 Å². The number of oxazole rings is 1. The van der Waals surface area contributed by atoms with Crippen molar-refractivity contribution in [1.82, 2.24) is 24.1 Å². The number of aliphatic hydroxyl groups is 1. The first-order valence-electron chi connectivity index (χ1n) is 8.77. The average Bonchev–Trinajstić information content (AvgIpc) is 3.40. The molecule has 4 heterocycles. The Hall–Kier alpha value is -3.16. The Balaban J connectivity index is 1.76. The Morgan fingerprint density at radius 3 is 2.71 bits per heavy atom. The summed E-state index contributed by atoms with van der Waals surface area (Å²) in [5.41, 5.74) is 5.33. The number of nitrogens with zero attached hydrogens (tertiary/aromatic N) is 5. The number of aryl methyl sites for hydroxylation is 1. The summed E-state index contributed by atoms with van der Waals surface area (Å²) in [6, 6.07) is 11.6. The molecule has 0 atom stereocenters. The van der Waals surface area contributed by atoms with Crippen molar-refractivity contribution in [2.75, 3.05) is 0 Å². The second-order valence-electron chi connectivity index (χ2n) is 6.62. The summed E-state index contributed by atoms with van der Waals surface area (Å²) in [5, 5.41) is 18.5. The van der Waals surface area contributed by atoms with Crippen LogP contribution in [0.25, 0.3) is 28.3 Å². The standard InChI is InChI=1S/C20H16ClN5O2/c1-12-23-24-19-3-2-16-17(26(12)19)9-18(20-22-4-5-28-20)25(16)10-13-6-14(11-27)8-15(21)7-13/h2-9,27H,10-11H2,1H3. The Morgan fingerprint density at radius 2 is 1.93 bits per heavy atom. The lowest BCUT2D eigenvalue weighted by Gasteiger charge is -2.11. The van der Waals surface area contributed by atoms with Crippen LogP contribution in [0.2, 0.25) is 5.02 Å². The van der Waals surface area contributed by atoms with Gasteiger partial charge in [0.2, 0.25) is 5.89 Å². The monoisotopic (exact) mass is 393 g/mol. The largest absolute Gasteiger partial charge is 0.443 e. The molecular weight excluding hydrogens is 378 g/mol. The fourth-order valence-corrected chi connectivity index (χ4v) is 3.90. The minimum Gasteiger partial charge on any atom is -0.443 e. The number of benzene rings is 1. The van der Waals surface area contributed by atoms with Crippen LogP contribution < -0.4 is 0 Å². The zero-order valence-electron chi connectivity index (χ0n) is 15.0. The molecule has 0 amide bonds. The molecule has 8 heteroatoms. The Morgan fingerprint density at radius 1 is 1.07 bits per heavy atom. The first kappa shape index (κ1) is 17.0. The van der Waals surface area contributed by atoms with E-state index in [1.165, 1.54) is 0 Å². The molecule has 0 saturated heterocycles. The lowest BCUT2D eigenvalue weighted by atomic mass is 10.1. The van der Waals surface area contributed by atoms with E-state index in [0.717, 1.165) is 39.3 Å². The second kappa shape index (κ2) is 6.47. The molecule has 0 aliphatic heterocycles. The number of halogens is 1. The van der Waals surface area contributed by atoms with E-state index < -0.39 is 0 Å². The van der Waals surface area contributed by atoms with E-state index in [4.69, 9.17) is 16.0 Å². The molecule has 0 spiro atoms. The molecule has 1 aromatic carbocycles. The summed E-state index contributed by atoms with van der Waals surface area (Å²) in [5.74, 6) is 1.33. The lowest BCUT2D eigenvalue weighted by Crippen LogP contribution is -2.03. The van der Waals surface area contributed by atoms with Gasteiger partial charge in [0, 0.05) is 11.6 Å². The van der Waals surface area contributed by atoms with Crippen LogP contribution in [0.5, 0.6) is 0 Å². The maximum absolute atomic E-state index is 9.51. The summed E-state index contributed by atoms with van der Waals surface area (Å²) < 4.78 is 9.71. The molecule has 0 fully saturated rings. The van der Waals surface area contributed by atoms with E-state index in [0.29, 0.717) is 17.5 Å². The van der Waals surface area contributed by atoms with Gasteiger partial charge in [0.1, 0.15) is 17.8 Å². The van der Waals surface area contributed by atoms with Crippen molar-refractivity contribution >= 4 is 28.3 Å². The Labute approximate surface area is 164 Å². The van der Waals surface area contributed by atoms with Crippen LogP contribution in [0.4, 0.5) is 0 Å². The van der Waals surface area contributed by atoms with Crippen molar-refractivity contribution in [3.05, 3.63) is 70.8 Å². The fourth-order valence-electron chi connectivity index (χ4n) is 3.62. The second-order valence-corrected chi connectivity index (χ2v) is 7.06. The van der Waals surface area contributed by atoms with Gasteiger partial charge in [-0.05, 0) is 48.4 Å². The van der Waals surface area contributed by atoms with Crippen LogP contribution in [0.15, 0.2) is 53.3 Å². The minimum absolute atomic E-state index is 0.0624. The summed E-state index contributed by atoms with van der Waals surface area (Å²) >= 11 is 6.24. The molecule has 0 saturated carbocycles. The van der Waals surface area contributed by atoms with Gasteiger partial charge in [-0.25, -0.2) is 4.98 Å². The molecule has 4 aromatic heterocycles. The third-order valence-corrected chi connectivity index (χ3v) is 5.01. The smallest absolute Gasteiger partial charge is 0.243 e. The number of aromatic nitrogens is 5. The summed E-state index contributed by atoms with van der Waals surface area (Å²) in [4.78, 5) is 4.33. The molecule has 0 unspecified atom stereocenters. The summed E-state index contributed by atoms with van der Waals surface area (Å²) in [6.45, 7) is 2.40. The predicted molar refractivity (Wildman–Crippen MR) is 105 cm³/mol. The van der Waals surface area contributed by atoms with Gasteiger partial charge in [-0.2, -0.15) is 0 Å². The number of aliphatic hydroxyl groups excluding tert-OH is 1. The number of hydrogen-bond acceptors (Lipinski definition) is 5. The molecule has 0 bridgehead atoms. The SMILES string of the molecule is Cc1nnc2ccc3c(cc(-c4ncco4)n3Cc3cc(Cl)cc(CO)c3)n12. The van der Waals surface area contributed by atoms with Gasteiger partial charge in [0.25, 0.3) is 0 Å². The number of hydrogen-bond donors (Lipinski definition) is 1. The molecule has 5 aromatic rings. The molecule has 5 rings (SSSR count). The highest BCUT2D eigenvalue weighted by Gasteiger charge is 2.18. The van der Waals surface area contributed by atoms with E-state index in [1.807, 2.05) is 41.7 Å². The van der Waals surface area contributed by atoms with Gasteiger partial charge in [-0.1, -0.05) is 17.7 Å².